The van der Waals surface area contributed by atoms with Crippen LogP contribution in [0.3, 0.4) is 0 Å². The minimum Gasteiger partial charge on any atom is -0.458 e. The largest absolute Gasteiger partial charge is 0.458 e. The van der Waals surface area contributed by atoms with Crippen molar-refractivity contribution in [3.05, 3.63) is 11.6 Å². The van der Waals surface area contributed by atoms with E-state index >= 15 is 0 Å². The molecule has 0 bridgehead atoms. The maximum Gasteiger partial charge on any atom is 0.331 e. The summed E-state index contributed by atoms with van der Waals surface area (Å²) in [6.07, 6.45) is -2.52. The molecule has 4 aliphatic carbocycles. The van der Waals surface area contributed by atoms with Crippen molar-refractivity contribution >= 4 is 12.3 Å². The van der Waals surface area contributed by atoms with Crippen molar-refractivity contribution in [1.29, 1.82) is 0 Å². The van der Waals surface area contributed by atoms with Crippen LogP contribution < -0.4 is 0 Å². The van der Waals surface area contributed by atoms with Crippen LogP contribution in [-0.2, 0) is 38.0 Å². The van der Waals surface area contributed by atoms with Crippen molar-refractivity contribution in [1.82, 2.24) is 0 Å². The molecule has 4 saturated carbocycles. The fraction of sp³-hybridized carbons (Fsp3) is 0.889. The van der Waals surface area contributed by atoms with Crippen molar-refractivity contribution in [3.63, 3.8) is 0 Å². The lowest BCUT2D eigenvalue weighted by atomic mass is 9.41. The standard InChI is InChI=1S/C36H54O14/c1-18-31(50-32-30(42)29(41)28(40)25(15-37)49-32)24(45-3)13-27(47-18)48-20-4-9-34(17-38)22-5-8-33(2)21(19-12-26(39)46-16-19)7-11-36(33,44)23(22)6-10-35(34,43)14-20/h12,17-18,20-25,27-32,37,40-44H,4-11,13-16H2,1-3H3/t18?,20-,21+,22?,23+,24?,25+,27?,28+,29-,30+,31?,32-,33+,34-,35-,36-/m0/s1. The SMILES string of the molecule is COC1CC(O[C@H]2CC[C@]3(C=O)C4CC[C@]5(C)[C@@H](C6=CC(=O)OC6)CC[C@]5(O)[C@@H]4CC[C@]3(O)C2)OC(C)C1O[C@@H]1O[C@H](CO)[C@@H](O)[C@H](O)[C@H]1O. The first-order valence-corrected chi connectivity index (χ1v) is 18.3. The van der Waals surface area contributed by atoms with Crippen LogP contribution in [0.15, 0.2) is 11.6 Å². The molecule has 14 nitrogen and oxygen atoms in total. The highest BCUT2D eigenvalue weighted by Gasteiger charge is 2.71. The smallest absolute Gasteiger partial charge is 0.331 e. The highest BCUT2D eigenvalue weighted by Crippen LogP contribution is 2.70. The Balaban J connectivity index is 1.01. The number of hydrogen-bond donors (Lipinski definition) is 6. The molecule has 3 heterocycles. The molecule has 6 fully saturated rings. The molecule has 7 aliphatic rings. The summed E-state index contributed by atoms with van der Waals surface area (Å²) in [7, 11) is 1.51. The molecule has 3 aliphatic heterocycles. The van der Waals surface area contributed by atoms with Gasteiger partial charge in [-0.05, 0) is 81.6 Å². The molecule has 282 valence electrons. The van der Waals surface area contributed by atoms with Gasteiger partial charge >= 0.3 is 5.97 Å². The Labute approximate surface area is 292 Å². The van der Waals surface area contributed by atoms with E-state index in [9.17, 15) is 40.2 Å². The predicted molar refractivity (Wildman–Crippen MR) is 171 cm³/mol. The average Bonchev–Trinajstić information content (AvgIpc) is 3.64. The number of methoxy groups -OCH3 is 1. The van der Waals surface area contributed by atoms with Crippen molar-refractivity contribution in [3.8, 4) is 0 Å². The molecular weight excluding hydrogens is 656 g/mol. The third kappa shape index (κ3) is 5.55. The molecule has 0 amide bonds. The maximum atomic E-state index is 13.2. The Morgan fingerprint density at radius 3 is 2.40 bits per heavy atom. The highest BCUT2D eigenvalue weighted by atomic mass is 16.7. The molecule has 2 saturated heterocycles. The quantitative estimate of drug-likeness (QED) is 0.113. The third-order valence-corrected chi connectivity index (χ3v) is 14.2. The van der Waals surface area contributed by atoms with Crippen LogP contribution in [0.25, 0.3) is 0 Å². The number of rotatable bonds is 8. The van der Waals surface area contributed by atoms with Gasteiger partial charge in [-0.1, -0.05) is 6.92 Å². The molecule has 0 radical (unpaired) electrons. The van der Waals surface area contributed by atoms with Gasteiger partial charge in [0.05, 0.1) is 41.5 Å². The van der Waals surface area contributed by atoms with Gasteiger partial charge in [-0.25, -0.2) is 4.79 Å². The molecular formula is C36H54O14. The number of cyclic esters (lactones) is 1. The second kappa shape index (κ2) is 13.4. The Morgan fingerprint density at radius 2 is 1.72 bits per heavy atom. The molecule has 0 aromatic rings. The first-order chi connectivity index (χ1) is 23.7. The van der Waals surface area contributed by atoms with Gasteiger partial charge in [0.25, 0.3) is 0 Å². The lowest BCUT2D eigenvalue weighted by Crippen LogP contribution is -2.69. The van der Waals surface area contributed by atoms with E-state index in [1.165, 1.54) is 7.11 Å². The maximum absolute atomic E-state index is 13.2. The van der Waals surface area contributed by atoms with Crippen molar-refractivity contribution in [2.24, 2.45) is 28.6 Å². The van der Waals surface area contributed by atoms with Crippen LogP contribution in [0.2, 0.25) is 0 Å². The third-order valence-electron chi connectivity index (χ3n) is 14.2. The minimum absolute atomic E-state index is 0.0352. The van der Waals surface area contributed by atoms with E-state index in [1.54, 1.807) is 13.0 Å². The first-order valence-electron chi connectivity index (χ1n) is 18.3. The number of aliphatic hydroxyl groups is 6. The topological polar surface area (TPSA) is 211 Å². The monoisotopic (exact) mass is 710 g/mol. The van der Waals surface area contributed by atoms with Crippen molar-refractivity contribution in [2.75, 3.05) is 20.3 Å². The summed E-state index contributed by atoms with van der Waals surface area (Å²) >= 11 is 0. The second-order valence-corrected chi connectivity index (χ2v) is 16.3. The molecule has 6 N–H and O–H groups in total. The summed E-state index contributed by atoms with van der Waals surface area (Å²) in [6, 6.07) is 0. The zero-order valence-electron chi connectivity index (χ0n) is 29.1. The number of carbonyl (C=O) groups is 2. The zero-order valence-corrected chi connectivity index (χ0v) is 29.1. The Morgan fingerprint density at radius 1 is 0.960 bits per heavy atom. The molecule has 0 spiro atoms. The van der Waals surface area contributed by atoms with E-state index in [2.05, 4.69) is 6.92 Å². The van der Waals surface area contributed by atoms with Gasteiger partial charge in [-0.2, -0.15) is 0 Å². The second-order valence-electron chi connectivity index (χ2n) is 16.3. The molecule has 14 heteroatoms. The summed E-state index contributed by atoms with van der Waals surface area (Å²) in [5.41, 5.74) is -2.86. The molecule has 50 heavy (non-hydrogen) atoms. The molecule has 5 unspecified atom stereocenters. The first kappa shape index (κ1) is 36.8. The van der Waals surface area contributed by atoms with Crippen LogP contribution >= 0.6 is 0 Å². The average molecular weight is 711 g/mol. The number of hydrogen-bond acceptors (Lipinski definition) is 14. The van der Waals surface area contributed by atoms with E-state index in [0.29, 0.717) is 44.9 Å². The fourth-order valence-electron chi connectivity index (χ4n) is 11.5. The van der Waals surface area contributed by atoms with Crippen LogP contribution in [-0.4, -0.2) is 136 Å². The highest BCUT2D eigenvalue weighted by molar-refractivity contribution is 5.85. The summed E-state index contributed by atoms with van der Waals surface area (Å²) in [6.45, 7) is 3.57. The van der Waals surface area contributed by atoms with Crippen molar-refractivity contribution in [2.45, 2.75) is 151 Å². The number of esters is 1. The lowest BCUT2D eigenvalue weighted by Gasteiger charge is -2.65. The van der Waals surface area contributed by atoms with Gasteiger partial charge in [0.2, 0.25) is 0 Å². The van der Waals surface area contributed by atoms with Crippen LogP contribution in [0, 0.1) is 28.6 Å². The van der Waals surface area contributed by atoms with E-state index in [1.807, 2.05) is 0 Å². The van der Waals surface area contributed by atoms with E-state index in [-0.39, 0.29) is 43.2 Å². The van der Waals surface area contributed by atoms with E-state index < -0.39 is 90.1 Å². The van der Waals surface area contributed by atoms with Crippen LogP contribution in [0.4, 0.5) is 0 Å². The van der Waals surface area contributed by atoms with Gasteiger partial charge in [-0.3, -0.25) is 0 Å². The lowest BCUT2D eigenvalue weighted by molar-refractivity contribution is -0.346. The van der Waals surface area contributed by atoms with Gasteiger partial charge in [0.1, 0.15) is 43.4 Å². The minimum atomic E-state index is -1.58. The normalized spacial score (nSPS) is 53.5. The Hall–Kier alpha value is -1.56. The van der Waals surface area contributed by atoms with E-state index in [4.69, 9.17) is 28.4 Å². The van der Waals surface area contributed by atoms with Gasteiger partial charge in [0.15, 0.2) is 12.6 Å². The zero-order chi connectivity index (χ0) is 35.8. The molecule has 7 rings (SSSR count). The van der Waals surface area contributed by atoms with Crippen LogP contribution in [0.5, 0.6) is 0 Å². The fourth-order valence-corrected chi connectivity index (χ4v) is 11.5. The Kier molecular flexibility index (Phi) is 9.84. The number of aldehydes is 1. The number of aliphatic hydroxyl groups excluding tert-OH is 4. The summed E-state index contributed by atoms with van der Waals surface area (Å²) in [5, 5.41) is 65.3. The van der Waals surface area contributed by atoms with E-state index in [0.717, 1.165) is 18.3 Å². The number of fused-ring (bicyclic) bond motifs is 5. The number of carbonyl (C=O) groups excluding carboxylic acids is 2. The molecule has 17 atom stereocenters. The van der Waals surface area contributed by atoms with Gasteiger partial charge in [-0.15, -0.1) is 0 Å². The number of ether oxygens (including phenoxy) is 6. The molecule has 0 aromatic heterocycles. The summed E-state index contributed by atoms with van der Waals surface area (Å²) in [5.74, 6) is -0.635. The predicted octanol–water partition coefficient (Wildman–Crippen LogP) is 0.258. The Bertz CT molecular complexity index is 1330. The van der Waals surface area contributed by atoms with Gasteiger partial charge in [0, 0.05) is 31.4 Å². The molecule has 0 aromatic carbocycles. The van der Waals surface area contributed by atoms with Crippen molar-refractivity contribution < 1.29 is 68.6 Å². The summed E-state index contributed by atoms with van der Waals surface area (Å²) < 4.78 is 35.2. The van der Waals surface area contributed by atoms with Crippen LogP contribution in [0.1, 0.15) is 78.1 Å². The van der Waals surface area contributed by atoms with Gasteiger partial charge < -0.3 is 63.9 Å². The summed E-state index contributed by atoms with van der Waals surface area (Å²) in [4.78, 5) is 25.1.